The monoisotopic (exact) mass is 262 g/mol. The molecule has 0 unspecified atom stereocenters. The van der Waals surface area contributed by atoms with E-state index in [0.29, 0.717) is 13.2 Å². The molecule has 4 heteroatoms. The first-order valence-electron chi connectivity index (χ1n) is 6.71. The van der Waals surface area contributed by atoms with E-state index in [1.54, 1.807) is 5.82 Å². The number of allylic oxidation sites excluding steroid dienone is 1. The molecule has 0 heterocycles. The van der Waals surface area contributed by atoms with E-state index in [4.69, 9.17) is 9.05 Å². The summed E-state index contributed by atoms with van der Waals surface area (Å²) in [7, 11) is -3.00. The van der Waals surface area contributed by atoms with Gasteiger partial charge < -0.3 is 9.05 Å². The van der Waals surface area contributed by atoms with Gasteiger partial charge in [-0.15, -0.1) is 0 Å². The molecule has 0 atom stereocenters. The van der Waals surface area contributed by atoms with Crippen LogP contribution in [0.2, 0.25) is 0 Å². The van der Waals surface area contributed by atoms with Gasteiger partial charge in [-0.2, -0.15) is 0 Å². The lowest BCUT2D eigenvalue weighted by Gasteiger charge is -2.15. The summed E-state index contributed by atoms with van der Waals surface area (Å²) in [5.74, 6) is 1.73. The molecule has 0 saturated heterocycles. The fourth-order valence-electron chi connectivity index (χ4n) is 1.63. The molecule has 0 fully saturated rings. The summed E-state index contributed by atoms with van der Waals surface area (Å²) in [4.78, 5) is 0. The van der Waals surface area contributed by atoms with Crippen LogP contribution in [0, 0.1) is 0 Å². The van der Waals surface area contributed by atoms with Crippen LogP contribution < -0.4 is 0 Å². The maximum Gasteiger partial charge on any atom is 0.354 e. The number of hydrogen-bond acceptors (Lipinski definition) is 3. The molecule has 0 aromatic rings. The highest BCUT2D eigenvalue weighted by molar-refractivity contribution is 7.57. The maximum atomic E-state index is 12.3. The molecule has 0 N–H and O–H groups in total. The van der Waals surface area contributed by atoms with Gasteiger partial charge in [-0.1, -0.05) is 32.3 Å². The van der Waals surface area contributed by atoms with Crippen molar-refractivity contribution in [2.24, 2.45) is 0 Å². The number of rotatable bonds is 10. The van der Waals surface area contributed by atoms with E-state index >= 15 is 0 Å². The van der Waals surface area contributed by atoms with Gasteiger partial charge in [0.05, 0.1) is 13.2 Å². The van der Waals surface area contributed by atoms with Crippen molar-refractivity contribution < 1.29 is 13.6 Å². The van der Waals surface area contributed by atoms with Gasteiger partial charge in [0, 0.05) is 5.82 Å². The molecular weight excluding hydrogens is 235 g/mol. The topological polar surface area (TPSA) is 35.5 Å². The minimum absolute atomic E-state index is 0.416. The summed E-state index contributed by atoms with van der Waals surface area (Å²) in [6, 6.07) is 0. The van der Waals surface area contributed by atoms with Crippen molar-refractivity contribution in [3.05, 3.63) is 11.4 Å². The largest absolute Gasteiger partial charge is 0.354 e. The molecule has 0 aliphatic heterocycles. The Hall–Kier alpha value is -0.110. The lowest BCUT2D eigenvalue weighted by atomic mass is 10.1. The van der Waals surface area contributed by atoms with Crippen LogP contribution in [0.5, 0.6) is 0 Å². The zero-order valence-electron chi connectivity index (χ0n) is 11.7. The van der Waals surface area contributed by atoms with Gasteiger partial charge in [-0.25, -0.2) is 0 Å². The second-order valence-electron chi connectivity index (χ2n) is 3.97. The average Bonchev–Trinajstić information content (AvgIpc) is 2.28. The quantitative estimate of drug-likeness (QED) is 0.404. The van der Waals surface area contributed by atoms with Gasteiger partial charge in [0.1, 0.15) is 0 Å². The Bertz CT molecular complexity index is 251. The molecule has 0 saturated carbocycles. The molecule has 0 aliphatic carbocycles. The predicted molar refractivity (Wildman–Crippen MR) is 73.4 cm³/mol. The molecule has 0 aromatic carbocycles. The molecule has 0 aliphatic rings. The lowest BCUT2D eigenvalue weighted by Crippen LogP contribution is -1.94. The molecule has 102 valence electrons. The van der Waals surface area contributed by atoms with Crippen molar-refractivity contribution in [1.82, 2.24) is 0 Å². The Morgan fingerprint density at radius 3 is 2.06 bits per heavy atom. The van der Waals surface area contributed by atoms with Gasteiger partial charge >= 0.3 is 7.60 Å². The van der Waals surface area contributed by atoms with E-state index in [1.807, 2.05) is 13.8 Å². The van der Waals surface area contributed by atoms with E-state index in [1.165, 1.54) is 18.4 Å². The fourth-order valence-corrected chi connectivity index (χ4v) is 3.33. The highest BCUT2D eigenvalue weighted by atomic mass is 31.2. The van der Waals surface area contributed by atoms with Crippen molar-refractivity contribution in [3.63, 3.8) is 0 Å². The summed E-state index contributed by atoms with van der Waals surface area (Å²) in [6.45, 7) is 8.77. The normalized spacial score (nSPS) is 13.1. The summed E-state index contributed by atoms with van der Waals surface area (Å²) >= 11 is 0. The Morgan fingerprint density at radius 1 is 1.06 bits per heavy atom. The molecule has 0 bridgehead atoms. The van der Waals surface area contributed by atoms with Gasteiger partial charge in [0.2, 0.25) is 0 Å². The van der Waals surface area contributed by atoms with E-state index in [0.717, 1.165) is 19.3 Å². The molecular formula is C13H27O3P. The molecule has 0 amide bonds. The first-order chi connectivity index (χ1) is 8.11. The molecule has 0 rings (SSSR count). The van der Waals surface area contributed by atoms with Crippen LogP contribution in [0.1, 0.15) is 59.8 Å². The van der Waals surface area contributed by atoms with E-state index in [2.05, 4.69) is 13.8 Å². The summed E-state index contributed by atoms with van der Waals surface area (Å²) in [5.41, 5.74) is 1.18. The zero-order valence-corrected chi connectivity index (χ0v) is 12.6. The minimum atomic E-state index is -3.00. The van der Waals surface area contributed by atoms with Crippen LogP contribution in [0.25, 0.3) is 0 Å². The Morgan fingerprint density at radius 2 is 1.65 bits per heavy atom. The standard InChI is InChI=1S/C13H27O3P/c1-5-9-10-11-13(6-2)12-17(14,15-7-3)16-8-4/h12H,5-11H2,1-4H3. The third-order valence-corrected chi connectivity index (χ3v) is 4.43. The van der Waals surface area contributed by atoms with Crippen molar-refractivity contribution in [1.29, 1.82) is 0 Å². The van der Waals surface area contributed by atoms with Crippen LogP contribution in [0.15, 0.2) is 11.4 Å². The van der Waals surface area contributed by atoms with Crippen LogP contribution >= 0.6 is 7.60 Å². The van der Waals surface area contributed by atoms with E-state index < -0.39 is 7.60 Å². The minimum Gasteiger partial charge on any atom is -0.306 e. The average molecular weight is 262 g/mol. The Kier molecular flexibility index (Phi) is 9.81. The van der Waals surface area contributed by atoms with Crippen LogP contribution in [-0.4, -0.2) is 13.2 Å². The molecule has 17 heavy (non-hydrogen) atoms. The second-order valence-corrected chi connectivity index (χ2v) is 5.83. The van der Waals surface area contributed by atoms with Crippen LogP contribution in [-0.2, 0) is 13.6 Å². The molecule has 0 aromatic heterocycles. The smallest absolute Gasteiger partial charge is 0.306 e. The van der Waals surface area contributed by atoms with Crippen molar-refractivity contribution >= 4 is 7.60 Å². The van der Waals surface area contributed by atoms with Gasteiger partial charge in [0.25, 0.3) is 0 Å². The SMILES string of the molecule is CCCCCC(=CP(=O)(OCC)OCC)CC. The van der Waals surface area contributed by atoms with Gasteiger partial charge in [0.15, 0.2) is 0 Å². The first-order valence-corrected chi connectivity index (χ1v) is 8.32. The van der Waals surface area contributed by atoms with Gasteiger partial charge in [-0.05, 0) is 33.1 Å². The summed E-state index contributed by atoms with van der Waals surface area (Å²) in [6.07, 6.45) is 5.47. The second kappa shape index (κ2) is 9.87. The Balaban J connectivity index is 4.56. The zero-order chi connectivity index (χ0) is 13.1. The van der Waals surface area contributed by atoms with E-state index in [9.17, 15) is 4.57 Å². The van der Waals surface area contributed by atoms with Crippen LogP contribution in [0.3, 0.4) is 0 Å². The number of hydrogen-bond donors (Lipinski definition) is 0. The summed E-state index contributed by atoms with van der Waals surface area (Å²) < 4.78 is 22.8. The molecule has 3 nitrogen and oxygen atoms in total. The third-order valence-electron chi connectivity index (χ3n) is 2.51. The predicted octanol–water partition coefficient (Wildman–Crippen LogP) is 5.13. The van der Waals surface area contributed by atoms with Crippen LogP contribution in [0.4, 0.5) is 0 Å². The molecule has 0 radical (unpaired) electrons. The first kappa shape index (κ1) is 16.9. The highest BCUT2D eigenvalue weighted by Gasteiger charge is 2.20. The van der Waals surface area contributed by atoms with Crippen molar-refractivity contribution in [2.75, 3.05) is 13.2 Å². The molecule has 0 spiro atoms. The fraction of sp³-hybridized carbons (Fsp3) is 0.846. The summed E-state index contributed by atoms with van der Waals surface area (Å²) in [5, 5.41) is 0. The number of unbranched alkanes of at least 4 members (excludes halogenated alkanes) is 2. The third kappa shape index (κ3) is 7.75. The van der Waals surface area contributed by atoms with Gasteiger partial charge in [-0.3, -0.25) is 4.57 Å². The lowest BCUT2D eigenvalue weighted by molar-refractivity contribution is 0.228. The van der Waals surface area contributed by atoms with Crippen molar-refractivity contribution in [3.8, 4) is 0 Å². The maximum absolute atomic E-state index is 12.3. The van der Waals surface area contributed by atoms with E-state index in [-0.39, 0.29) is 0 Å². The highest BCUT2D eigenvalue weighted by Crippen LogP contribution is 2.51. The Labute approximate surface area is 106 Å². The van der Waals surface area contributed by atoms with Crippen molar-refractivity contribution in [2.45, 2.75) is 59.8 Å².